The lowest BCUT2D eigenvalue weighted by atomic mass is 9.88. The molecular weight excluding hydrogens is 184 g/mol. The van der Waals surface area contributed by atoms with Gasteiger partial charge in [-0.1, -0.05) is 0 Å². The Bertz CT molecular complexity index is 192. The molecule has 5 heteroatoms. The van der Waals surface area contributed by atoms with Gasteiger partial charge >= 0.3 is 5.97 Å². The van der Waals surface area contributed by atoms with Crippen molar-refractivity contribution >= 4 is 5.97 Å². The van der Waals surface area contributed by atoms with Crippen LogP contribution in [0.2, 0.25) is 0 Å². The number of hydrogen-bond acceptors (Lipinski definition) is 4. The monoisotopic (exact) mass is 202 g/mol. The minimum absolute atomic E-state index is 0.166. The van der Waals surface area contributed by atoms with E-state index in [0.717, 1.165) is 32.5 Å². The lowest BCUT2D eigenvalue weighted by Crippen LogP contribution is -2.68. The van der Waals surface area contributed by atoms with Crippen LogP contribution in [0, 0.1) is 0 Å². The molecule has 14 heavy (non-hydrogen) atoms. The van der Waals surface area contributed by atoms with Crippen molar-refractivity contribution in [3.05, 3.63) is 0 Å². The summed E-state index contributed by atoms with van der Waals surface area (Å²) in [4.78, 5) is 10.6. The second kappa shape index (κ2) is 5.29. The quantitative estimate of drug-likeness (QED) is 0.405. The molecule has 1 rings (SSSR count). The van der Waals surface area contributed by atoms with Crippen LogP contribution < -0.4 is 10.6 Å². The van der Waals surface area contributed by atoms with Gasteiger partial charge in [0.2, 0.25) is 0 Å². The molecule has 1 aliphatic heterocycles. The molecule has 0 spiro atoms. The smallest absolute Gasteiger partial charge is 0.305 e. The molecule has 0 saturated carbocycles. The zero-order valence-corrected chi connectivity index (χ0v) is 8.25. The van der Waals surface area contributed by atoms with E-state index in [1.165, 1.54) is 0 Å². The summed E-state index contributed by atoms with van der Waals surface area (Å²) in [5.41, 5.74) is -0.249. The molecule has 1 fully saturated rings. The number of hydrogen-bond donors (Lipinski definition) is 4. The molecule has 1 heterocycles. The van der Waals surface area contributed by atoms with Gasteiger partial charge in [0.15, 0.2) is 0 Å². The highest BCUT2D eigenvalue weighted by Crippen LogP contribution is 2.15. The summed E-state index contributed by atoms with van der Waals surface area (Å²) in [5, 5.41) is 23.6. The average Bonchev–Trinajstić information content (AvgIpc) is 2.07. The number of unbranched alkanes of at least 4 members (excludes halogenated alkanes) is 1. The van der Waals surface area contributed by atoms with Crippen molar-refractivity contribution in [3.8, 4) is 0 Å². The van der Waals surface area contributed by atoms with Gasteiger partial charge in [0.05, 0.1) is 12.0 Å². The Morgan fingerprint density at radius 2 is 2.14 bits per heavy atom. The van der Waals surface area contributed by atoms with Gasteiger partial charge in [-0.05, 0) is 19.4 Å². The standard InChI is InChI=1S/C9H18N2O3/c12-4-2-1-3-11-9(5-8(13)14)6-10-7-9/h10-12H,1-7H2,(H,13,14). The summed E-state index contributed by atoms with van der Waals surface area (Å²) in [6.07, 6.45) is 1.82. The lowest BCUT2D eigenvalue weighted by Gasteiger charge is -2.42. The van der Waals surface area contributed by atoms with Crippen molar-refractivity contribution in [2.75, 3.05) is 26.2 Å². The molecule has 82 valence electrons. The van der Waals surface area contributed by atoms with E-state index in [-0.39, 0.29) is 18.6 Å². The van der Waals surface area contributed by atoms with E-state index in [2.05, 4.69) is 10.6 Å². The van der Waals surface area contributed by atoms with E-state index < -0.39 is 5.97 Å². The predicted octanol–water partition coefficient (Wildman–Crippen LogP) is -0.835. The zero-order chi connectivity index (χ0) is 10.4. The maximum atomic E-state index is 10.6. The van der Waals surface area contributed by atoms with Gasteiger partial charge in [0, 0.05) is 19.7 Å². The third-order valence-corrected chi connectivity index (χ3v) is 2.50. The minimum atomic E-state index is -0.763. The van der Waals surface area contributed by atoms with E-state index in [0.29, 0.717) is 0 Å². The van der Waals surface area contributed by atoms with Crippen molar-refractivity contribution < 1.29 is 15.0 Å². The highest BCUT2D eigenvalue weighted by atomic mass is 16.4. The third kappa shape index (κ3) is 3.25. The molecule has 0 aliphatic carbocycles. The second-order valence-electron chi connectivity index (χ2n) is 3.81. The fraction of sp³-hybridized carbons (Fsp3) is 0.889. The van der Waals surface area contributed by atoms with Gasteiger partial charge in [-0.25, -0.2) is 0 Å². The molecule has 0 atom stereocenters. The van der Waals surface area contributed by atoms with Crippen LogP contribution in [-0.2, 0) is 4.79 Å². The summed E-state index contributed by atoms with van der Waals surface area (Å²) >= 11 is 0. The number of carboxylic acids is 1. The van der Waals surface area contributed by atoms with E-state index in [9.17, 15) is 4.79 Å². The van der Waals surface area contributed by atoms with Crippen molar-refractivity contribution in [3.63, 3.8) is 0 Å². The van der Waals surface area contributed by atoms with E-state index >= 15 is 0 Å². The molecular formula is C9H18N2O3. The van der Waals surface area contributed by atoms with Gasteiger partial charge in [0.1, 0.15) is 0 Å². The molecule has 0 aromatic carbocycles. The van der Waals surface area contributed by atoms with Crippen LogP contribution in [0.25, 0.3) is 0 Å². The Balaban J connectivity index is 2.20. The van der Waals surface area contributed by atoms with Crippen molar-refractivity contribution in [2.45, 2.75) is 24.8 Å². The van der Waals surface area contributed by atoms with Crippen LogP contribution in [-0.4, -0.2) is 48.0 Å². The number of aliphatic carboxylic acids is 1. The van der Waals surface area contributed by atoms with E-state index in [1.807, 2.05) is 0 Å². The Hall–Kier alpha value is -0.650. The largest absolute Gasteiger partial charge is 0.481 e. The molecule has 1 aliphatic rings. The van der Waals surface area contributed by atoms with Gasteiger partial charge in [0.25, 0.3) is 0 Å². The lowest BCUT2D eigenvalue weighted by molar-refractivity contribution is -0.139. The number of carbonyl (C=O) groups is 1. The van der Waals surface area contributed by atoms with Crippen LogP contribution in [0.4, 0.5) is 0 Å². The van der Waals surface area contributed by atoms with Crippen molar-refractivity contribution in [2.24, 2.45) is 0 Å². The second-order valence-corrected chi connectivity index (χ2v) is 3.81. The maximum Gasteiger partial charge on any atom is 0.305 e. The summed E-state index contributed by atoms with van der Waals surface area (Å²) in [6, 6.07) is 0. The Morgan fingerprint density at radius 3 is 2.57 bits per heavy atom. The highest BCUT2D eigenvalue weighted by molar-refractivity contribution is 5.68. The van der Waals surface area contributed by atoms with Crippen LogP contribution in [0.5, 0.6) is 0 Å². The first-order chi connectivity index (χ1) is 6.68. The Kier molecular flexibility index (Phi) is 4.31. The van der Waals surface area contributed by atoms with Crippen LogP contribution in [0.15, 0.2) is 0 Å². The first-order valence-corrected chi connectivity index (χ1v) is 4.97. The summed E-state index contributed by atoms with van der Waals surface area (Å²) in [5.74, 6) is -0.763. The molecule has 0 radical (unpaired) electrons. The molecule has 1 saturated heterocycles. The number of nitrogens with one attached hydrogen (secondary N) is 2. The fourth-order valence-electron chi connectivity index (χ4n) is 1.62. The summed E-state index contributed by atoms with van der Waals surface area (Å²) < 4.78 is 0. The predicted molar refractivity (Wildman–Crippen MR) is 52.2 cm³/mol. The highest BCUT2D eigenvalue weighted by Gasteiger charge is 2.38. The number of carboxylic acid groups (broad SMARTS) is 1. The Labute approximate surface area is 83.5 Å². The van der Waals surface area contributed by atoms with Gasteiger partial charge < -0.3 is 20.8 Å². The first kappa shape index (κ1) is 11.4. The summed E-state index contributed by atoms with van der Waals surface area (Å²) in [6.45, 7) is 2.41. The van der Waals surface area contributed by atoms with Crippen LogP contribution in [0.3, 0.4) is 0 Å². The molecule has 4 N–H and O–H groups in total. The molecule has 0 aromatic heterocycles. The zero-order valence-electron chi connectivity index (χ0n) is 8.25. The topological polar surface area (TPSA) is 81.6 Å². The maximum absolute atomic E-state index is 10.6. The molecule has 0 aromatic rings. The minimum Gasteiger partial charge on any atom is -0.481 e. The van der Waals surface area contributed by atoms with Gasteiger partial charge in [-0.15, -0.1) is 0 Å². The fourth-order valence-corrected chi connectivity index (χ4v) is 1.62. The third-order valence-electron chi connectivity index (χ3n) is 2.50. The first-order valence-electron chi connectivity index (χ1n) is 4.97. The van der Waals surface area contributed by atoms with Crippen LogP contribution in [0.1, 0.15) is 19.3 Å². The molecule has 0 unspecified atom stereocenters. The number of rotatable bonds is 7. The SMILES string of the molecule is O=C(O)CC1(NCCCCO)CNC1. The van der Waals surface area contributed by atoms with Gasteiger partial charge in [-0.3, -0.25) is 4.79 Å². The van der Waals surface area contributed by atoms with Crippen molar-refractivity contribution in [1.82, 2.24) is 10.6 Å². The molecule has 5 nitrogen and oxygen atoms in total. The van der Waals surface area contributed by atoms with E-state index in [4.69, 9.17) is 10.2 Å². The van der Waals surface area contributed by atoms with E-state index in [1.54, 1.807) is 0 Å². The number of aliphatic hydroxyl groups is 1. The van der Waals surface area contributed by atoms with Crippen molar-refractivity contribution in [1.29, 1.82) is 0 Å². The average molecular weight is 202 g/mol. The summed E-state index contributed by atoms with van der Waals surface area (Å²) in [7, 11) is 0. The molecule has 0 bridgehead atoms. The van der Waals surface area contributed by atoms with Crippen LogP contribution >= 0.6 is 0 Å². The number of aliphatic hydroxyl groups excluding tert-OH is 1. The van der Waals surface area contributed by atoms with Gasteiger partial charge in [-0.2, -0.15) is 0 Å². The molecule has 0 amide bonds. The normalized spacial score (nSPS) is 18.9. The Morgan fingerprint density at radius 1 is 1.43 bits per heavy atom.